The Hall–Kier alpha value is -3.44. The molecule has 2 atom stereocenters. The summed E-state index contributed by atoms with van der Waals surface area (Å²) in [5.74, 6) is -1.24. The van der Waals surface area contributed by atoms with E-state index in [2.05, 4.69) is 10.3 Å². The van der Waals surface area contributed by atoms with Crippen molar-refractivity contribution < 1.29 is 38.1 Å². The van der Waals surface area contributed by atoms with Gasteiger partial charge in [-0.1, -0.05) is 0 Å². The van der Waals surface area contributed by atoms with Crippen LogP contribution in [0.4, 0.5) is 9.18 Å². The van der Waals surface area contributed by atoms with Crippen LogP contribution in [0.5, 0.6) is 5.75 Å². The lowest BCUT2D eigenvalue weighted by molar-refractivity contribution is -0.138. The summed E-state index contributed by atoms with van der Waals surface area (Å²) in [6, 6.07) is 0.699. The number of aromatic nitrogens is 1. The Morgan fingerprint density at radius 1 is 1.12 bits per heavy atom. The van der Waals surface area contributed by atoms with E-state index in [0.29, 0.717) is 50.4 Å². The van der Waals surface area contributed by atoms with Crippen LogP contribution in [0.25, 0.3) is 0 Å². The Kier molecular flexibility index (Phi) is 11.7. The number of amides is 3. The summed E-state index contributed by atoms with van der Waals surface area (Å²) >= 11 is 0. The number of pyridine rings is 1. The van der Waals surface area contributed by atoms with Gasteiger partial charge in [0.05, 0.1) is 24.6 Å². The van der Waals surface area contributed by atoms with E-state index >= 15 is 0 Å². The molecule has 12 heteroatoms. The highest BCUT2D eigenvalue weighted by atomic mass is 19.1. The van der Waals surface area contributed by atoms with Crippen molar-refractivity contribution >= 4 is 23.9 Å². The highest BCUT2D eigenvalue weighted by molar-refractivity contribution is 5.82. The lowest BCUT2D eigenvalue weighted by Crippen LogP contribution is -2.46. The Morgan fingerprint density at radius 3 is 2.51 bits per heavy atom. The number of halogens is 1. The molecule has 1 aromatic heterocycles. The van der Waals surface area contributed by atoms with Crippen LogP contribution >= 0.6 is 0 Å². The van der Waals surface area contributed by atoms with Gasteiger partial charge >= 0.3 is 12.1 Å². The normalized spacial score (nSPS) is 18.9. The molecule has 2 N–H and O–H groups in total. The Labute approximate surface area is 240 Å². The molecule has 0 radical (unpaired) electrons. The Bertz CT molecular complexity index is 1060. The van der Waals surface area contributed by atoms with Gasteiger partial charge in [0, 0.05) is 38.8 Å². The topological polar surface area (TPSA) is 138 Å². The van der Waals surface area contributed by atoms with E-state index in [4.69, 9.17) is 9.47 Å². The average molecular weight is 579 g/mol. The number of piperidine rings is 2. The molecule has 0 aliphatic carbocycles. The molecule has 3 rings (SSSR count). The molecule has 0 saturated carbocycles. The van der Waals surface area contributed by atoms with Crippen LogP contribution in [0.3, 0.4) is 0 Å². The maximum absolute atomic E-state index is 13.2. The molecule has 228 valence electrons. The van der Waals surface area contributed by atoms with Crippen molar-refractivity contribution in [2.75, 3.05) is 39.5 Å². The number of aliphatic carboxylic acids is 1. The number of carboxylic acid groups (broad SMARTS) is 1. The summed E-state index contributed by atoms with van der Waals surface area (Å²) < 4.78 is 23.2. The summed E-state index contributed by atoms with van der Waals surface area (Å²) in [6.45, 7) is 6.77. The molecule has 2 aliphatic rings. The van der Waals surface area contributed by atoms with E-state index in [1.54, 1.807) is 15.9 Å². The number of hydrogen-bond acceptors (Lipinski definition) is 7. The molecule has 3 heterocycles. The number of alkyl halides is 1. The number of carboxylic acids is 1. The van der Waals surface area contributed by atoms with Crippen LogP contribution in [-0.4, -0.2) is 88.8 Å². The number of carbonyl (C=O) groups is 4. The van der Waals surface area contributed by atoms with E-state index in [1.807, 2.05) is 20.8 Å². The molecule has 41 heavy (non-hydrogen) atoms. The summed E-state index contributed by atoms with van der Waals surface area (Å²) in [7, 11) is 0. The zero-order chi connectivity index (χ0) is 30.0. The van der Waals surface area contributed by atoms with Crippen LogP contribution in [0.15, 0.2) is 18.5 Å². The fraction of sp³-hybridized carbons (Fsp3) is 0.690. The Morgan fingerprint density at radius 2 is 1.85 bits per heavy atom. The quantitative estimate of drug-likeness (QED) is 0.405. The number of ether oxygens (including phenoxy) is 2. The largest absolute Gasteiger partial charge is 0.489 e. The van der Waals surface area contributed by atoms with E-state index in [1.165, 1.54) is 12.4 Å². The van der Waals surface area contributed by atoms with Crippen molar-refractivity contribution in [3.63, 3.8) is 0 Å². The maximum Gasteiger partial charge on any atom is 0.410 e. The van der Waals surface area contributed by atoms with Crippen molar-refractivity contribution in [3.8, 4) is 5.75 Å². The fourth-order valence-electron chi connectivity index (χ4n) is 5.21. The van der Waals surface area contributed by atoms with Crippen LogP contribution in [0, 0.1) is 11.8 Å². The molecule has 0 bridgehead atoms. The number of rotatable bonds is 11. The van der Waals surface area contributed by atoms with Crippen molar-refractivity contribution in [1.29, 1.82) is 0 Å². The zero-order valence-corrected chi connectivity index (χ0v) is 24.3. The molecule has 2 saturated heterocycles. The van der Waals surface area contributed by atoms with Crippen molar-refractivity contribution in [2.24, 2.45) is 11.8 Å². The molecule has 11 nitrogen and oxygen atoms in total. The third-order valence-electron chi connectivity index (χ3n) is 7.36. The van der Waals surface area contributed by atoms with Gasteiger partial charge in [-0.05, 0) is 70.4 Å². The summed E-state index contributed by atoms with van der Waals surface area (Å²) in [5.41, 5.74) is -0.0898. The van der Waals surface area contributed by atoms with Crippen molar-refractivity contribution in [2.45, 2.75) is 77.4 Å². The van der Waals surface area contributed by atoms with E-state index in [-0.39, 0.29) is 43.2 Å². The molecule has 3 amide bonds. The summed E-state index contributed by atoms with van der Waals surface area (Å²) in [5, 5.41) is 12.2. The first kappa shape index (κ1) is 32.1. The van der Waals surface area contributed by atoms with Gasteiger partial charge in [0.15, 0.2) is 0 Å². The van der Waals surface area contributed by atoms with E-state index < -0.39 is 30.2 Å². The van der Waals surface area contributed by atoms with Gasteiger partial charge in [-0.25, -0.2) is 9.18 Å². The highest BCUT2D eigenvalue weighted by Gasteiger charge is 2.32. The molecule has 0 spiro atoms. The second kappa shape index (κ2) is 15.0. The smallest absolute Gasteiger partial charge is 0.410 e. The molecule has 2 aliphatic heterocycles. The van der Waals surface area contributed by atoms with E-state index in [0.717, 1.165) is 19.3 Å². The lowest BCUT2D eigenvalue weighted by Gasteiger charge is -2.35. The van der Waals surface area contributed by atoms with Crippen molar-refractivity contribution in [1.82, 2.24) is 20.1 Å². The van der Waals surface area contributed by atoms with Gasteiger partial charge in [-0.3, -0.25) is 19.4 Å². The molecule has 0 aromatic carbocycles. The fourth-order valence-corrected chi connectivity index (χ4v) is 5.21. The summed E-state index contributed by atoms with van der Waals surface area (Å²) in [6.07, 6.45) is 6.19. The van der Waals surface area contributed by atoms with Gasteiger partial charge < -0.3 is 29.7 Å². The predicted octanol–water partition coefficient (Wildman–Crippen LogP) is 3.73. The second-order valence-corrected chi connectivity index (χ2v) is 11.8. The molecular formula is C29H43FN4O7. The summed E-state index contributed by atoms with van der Waals surface area (Å²) in [4.78, 5) is 57.5. The van der Waals surface area contributed by atoms with Gasteiger partial charge in [-0.15, -0.1) is 0 Å². The van der Waals surface area contributed by atoms with Gasteiger partial charge in [0.1, 0.15) is 24.6 Å². The van der Waals surface area contributed by atoms with Crippen LogP contribution < -0.4 is 10.1 Å². The monoisotopic (exact) mass is 578 g/mol. The van der Waals surface area contributed by atoms with Crippen LogP contribution in [0.1, 0.15) is 77.3 Å². The number of carbonyl (C=O) groups excluding carboxylic acids is 3. The first-order valence-corrected chi connectivity index (χ1v) is 14.4. The van der Waals surface area contributed by atoms with Crippen molar-refractivity contribution in [3.05, 3.63) is 24.0 Å². The van der Waals surface area contributed by atoms with E-state index in [9.17, 15) is 28.7 Å². The van der Waals surface area contributed by atoms with Gasteiger partial charge in [-0.2, -0.15) is 0 Å². The predicted molar refractivity (Wildman–Crippen MR) is 148 cm³/mol. The number of likely N-dealkylation sites (tertiary alicyclic amines) is 2. The van der Waals surface area contributed by atoms with Gasteiger partial charge in [0.2, 0.25) is 11.8 Å². The molecule has 2 unspecified atom stereocenters. The van der Waals surface area contributed by atoms with Crippen LogP contribution in [0.2, 0.25) is 0 Å². The first-order chi connectivity index (χ1) is 19.4. The first-order valence-electron chi connectivity index (χ1n) is 14.4. The number of nitrogens with zero attached hydrogens (tertiary/aromatic N) is 3. The average Bonchev–Trinajstić information content (AvgIpc) is 2.93. The van der Waals surface area contributed by atoms with Gasteiger partial charge in [0.25, 0.3) is 0 Å². The second-order valence-electron chi connectivity index (χ2n) is 11.8. The number of hydrogen-bond donors (Lipinski definition) is 2. The van der Waals surface area contributed by atoms with Crippen LogP contribution in [-0.2, 0) is 19.1 Å². The third-order valence-corrected chi connectivity index (χ3v) is 7.36. The molecule has 2 fully saturated rings. The minimum atomic E-state index is -1.09. The highest BCUT2D eigenvalue weighted by Crippen LogP contribution is 2.26. The SMILES string of the molecule is CC(C)(C)OC(=O)N1CCC(CCC(=O)N2CCCC(C(=O)NC(CC(=O)O)c3cncc(OCCF)c3)C2)CC1. The molecular weight excluding hydrogens is 535 g/mol. The minimum Gasteiger partial charge on any atom is -0.489 e. The minimum absolute atomic E-state index is 0.000991. The lowest BCUT2D eigenvalue weighted by atomic mass is 9.91. The Balaban J connectivity index is 1.49. The zero-order valence-electron chi connectivity index (χ0n) is 24.3. The third kappa shape index (κ3) is 10.5. The number of nitrogens with one attached hydrogen (secondary N) is 1. The standard InChI is InChI=1S/C29H43FN4O7/c1-29(2,3)41-28(39)33-12-8-20(9-13-33)6-7-25(35)34-11-4-5-21(19-34)27(38)32-24(16-26(36)37)22-15-23(18-31-17-22)40-14-10-30/h15,17-18,20-21,24H,4-14,16,19H2,1-3H3,(H,32,38)(H,36,37). The maximum atomic E-state index is 13.2. The molecule has 1 aromatic rings.